The van der Waals surface area contributed by atoms with Crippen LogP contribution >= 0.6 is 11.6 Å². The van der Waals surface area contributed by atoms with Gasteiger partial charge in [-0.2, -0.15) is 4.79 Å². The smallest absolute Gasteiger partial charge is 0.362 e. The lowest BCUT2D eigenvalue weighted by atomic mass is 10.1. The number of benzene rings is 1. The van der Waals surface area contributed by atoms with E-state index < -0.39 is 17.8 Å². The van der Waals surface area contributed by atoms with Gasteiger partial charge in [0, 0.05) is 17.5 Å². The van der Waals surface area contributed by atoms with E-state index in [0.717, 1.165) is 6.07 Å². The van der Waals surface area contributed by atoms with Gasteiger partial charge < -0.3 is 10.1 Å². The molecule has 0 fully saturated rings. The number of primary amides is 1. The van der Waals surface area contributed by atoms with E-state index in [4.69, 9.17) is 21.7 Å². The summed E-state index contributed by atoms with van der Waals surface area (Å²) in [5.74, 6) is -1.75. The first kappa shape index (κ1) is 22.9. The summed E-state index contributed by atoms with van der Waals surface area (Å²) in [6, 6.07) is 5.57. The van der Waals surface area contributed by atoms with Gasteiger partial charge in [0.05, 0.1) is 41.3 Å². The summed E-state index contributed by atoms with van der Waals surface area (Å²) >= 11 is 5.92. The Morgan fingerprint density at radius 2 is 2.00 bits per heavy atom. The Morgan fingerprint density at radius 3 is 2.62 bits per heavy atom. The highest BCUT2D eigenvalue weighted by molar-refractivity contribution is 6.34. The topological polar surface area (TPSA) is 135 Å². The van der Waals surface area contributed by atoms with E-state index in [1.54, 1.807) is 6.07 Å². The number of aromatic nitrogens is 3. The molecule has 0 spiro atoms. The molecule has 0 aliphatic heterocycles. The zero-order valence-corrected chi connectivity index (χ0v) is 17.9. The number of ether oxygens (including phenoxy) is 1. The van der Waals surface area contributed by atoms with Crippen molar-refractivity contribution in [2.75, 3.05) is 12.4 Å². The van der Waals surface area contributed by atoms with Gasteiger partial charge in [-0.3, -0.25) is 20.2 Å². The molecule has 2 heterocycles. The number of halogens is 2. The molecule has 0 unspecified atom stereocenters. The lowest BCUT2D eigenvalue weighted by Gasteiger charge is -2.10. The van der Waals surface area contributed by atoms with E-state index in [0.29, 0.717) is 28.9 Å². The number of amides is 2. The molecule has 164 valence electrons. The van der Waals surface area contributed by atoms with Crippen molar-refractivity contribution in [1.29, 1.82) is 5.41 Å². The average molecular weight is 458 g/mol. The molecule has 9 nitrogen and oxygen atoms in total. The molecule has 0 atom stereocenters. The third-order valence-electron chi connectivity index (χ3n) is 4.36. The number of hydrogen-bond donors (Lipinski definition) is 3. The number of pyridine rings is 1. The number of hydrogen-bond acceptors (Lipinski definition) is 7. The van der Waals surface area contributed by atoms with Crippen LogP contribution in [0.15, 0.2) is 42.9 Å². The van der Waals surface area contributed by atoms with Crippen LogP contribution in [0.5, 0.6) is 0 Å². The van der Waals surface area contributed by atoms with Crippen LogP contribution in [0.3, 0.4) is 0 Å². The van der Waals surface area contributed by atoms with Gasteiger partial charge in [-0.1, -0.05) is 24.6 Å². The van der Waals surface area contributed by atoms with Crippen LogP contribution in [0.2, 0.25) is 5.02 Å². The number of carbonyl (C=O) groups excluding carboxylic acids is 2. The van der Waals surface area contributed by atoms with Gasteiger partial charge in [-0.05, 0) is 24.6 Å². The van der Waals surface area contributed by atoms with Crippen molar-refractivity contribution >= 4 is 35.3 Å². The minimum absolute atomic E-state index is 0.0219. The molecular weight excluding hydrogens is 439 g/mol. The van der Waals surface area contributed by atoms with E-state index in [9.17, 15) is 14.0 Å². The molecule has 3 aromatic rings. The number of nitrogens with zero attached hydrogens (tertiary/aromatic N) is 3. The summed E-state index contributed by atoms with van der Waals surface area (Å²) in [5, 5.41) is 11.6. The zero-order chi connectivity index (χ0) is 23.3. The minimum Gasteiger partial charge on any atom is -0.362 e. The van der Waals surface area contributed by atoms with Crippen molar-refractivity contribution in [1.82, 2.24) is 15.0 Å². The quantitative estimate of drug-likeness (QED) is 0.398. The molecule has 2 aromatic heterocycles. The number of aryl methyl sites for hydroxylation is 1. The maximum absolute atomic E-state index is 13.9. The minimum atomic E-state index is -0.754. The normalized spacial score (nSPS) is 10.5. The highest BCUT2D eigenvalue weighted by atomic mass is 35.5. The SMILES string of the molecule is CCc1ncc(C(=N)OC(=O)[NH2+]C)cc1-c1cnc(NC(=O)c2c(F)cccc2Cl)cn1. The van der Waals surface area contributed by atoms with Crippen molar-refractivity contribution in [3.8, 4) is 11.3 Å². The molecule has 2 amide bonds. The van der Waals surface area contributed by atoms with Crippen LogP contribution in [-0.4, -0.2) is 39.9 Å². The van der Waals surface area contributed by atoms with Crippen LogP contribution in [0, 0.1) is 11.2 Å². The summed E-state index contributed by atoms with van der Waals surface area (Å²) in [7, 11) is 1.51. The summed E-state index contributed by atoms with van der Waals surface area (Å²) in [6.07, 6.45) is 4.09. The Labute approximate surface area is 187 Å². The molecule has 11 heteroatoms. The highest BCUT2D eigenvalue weighted by Gasteiger charge is 2.18. The van der Waals surface area contributed by atoms with Crippen molar-refractivity contribution < 1.29 is 24.0 Å². The fourth-order valence-corrected chi connectivity index (χ4v) is 3.01. The van der Waals surface area contributed by atoms with E-state index in [1.807, 2.05) is 6.92 Å². The second-order valence-corrected chi connectivity index (χ2v) is 6.86. The van der Waals surface area contributed by atoms with Gasteiger partial charge >= 0.3 is 6.09 Å². The highest BCUT2D eigenvalue weighted by Crippen LogP contribution is 2.24. The number of rotatable bonds is 5. The van der Waals surface area contributed by atoms with Crippen LogP contribution in [-0.2, 0) is 11.2 Å². The number of anilines is 1. The predicted octanol–water partition coefficient (Wildman–Crippen LogP) is 2.80. The molecule has 0 bridgehead atoms. The van der Waals surface area contributed by atoms with Gasteiger partial charge in [0.2, 0.25) is 5.90 Å². The maximum atomic E-state index is 13.9. The number of nitrogens with one attached hydrogen (secondary N) is 2. The fraction of sp³-hybridized carbons (Fsp3) is 0.143. The molecule has 4 N–H and O–H groups in total. The van der Waals surface area contributed by atoms with Gasteiger partial charge in [-0.25, -0.2) is 14.7 Å². The molecule has 0 saturated heterocycles. The van der Waals surface area contributed by atoms with Crippen LogP contribution in [0.4, 0.5) is 15.0 Å². The maximum Gasteiger partial charge on any atom is 0.519 e. The first-order valence-corrected chi connectivity index (χ1v) is 9.88. The Kier molecular flexibility index (Phi) is 7.18. The Bertz CT molecular complexity index is 1170. The monoisotopic (exact) mass is 457 g/mol. The standard InChI is InChI=1S/C21H18ClFN6O3/c1-3-15-12(7-11(8-26-15)19(24)32-21(31)25-2)16-9-28-17(10-27-16)29-20(30)18-13(22)5-4-6-14(18)23/h4-10,24H,3H2,1-2H3,(H,25,31)(H,28,29,30)/p+1. The first-order valence-electron chi connectivity index (χ1n) is 9.50. The molecule has 1 aromatic carbocycles. The molecule has 0 saturated carbocycles. The predicted molar refractivity (Wildman–Crippen MR) is 115 cm³/mol. The molecule has 0 aliphatic carbocycles. The van der Waals surface area contributed by atoms with E-state index in [-0.39, 0.29) is 22.3 Å². The van der Waals surface area contributed by atoms with Gasteiger partial charge in [0.25, 0.3) is 5.91 Å². The Morgan fingerprint density at radius 1 is 1.22 bits per heavy atom. The third kappa shape index (κ3) is 5.10. The van der Waals surface area contributed by atoms with Gasteiger partial charge in [0.15, 0.2) is 5.82 Å². The fourth-order valence-electron chi connectivity index (χ4n) is 2.76. The van der Waals surface area contributed by atoms with E-state index in [1.165, 1.54) is 43.1 Å². The van der Waals surface area contributed by atoms with Gasteiger partial charge in [-0.15, -0.1) is 0 Å². The van der Waals surface area contributed by atoms with Crippen molar-refractivity contribution in [3.05, 3.63) is 70.5 Å². The number of carbonyl (C=O) groups is 2. The molecule has 0 radical (unpaired) electrons. The zero-order valence-electron chi connectivity index (χ0n) is 17.1. The van der Waals surface area contributed by atoms with E-state index >= 15 is 0 Å². The second-order valence-electron chi connectivity index (χ2n) is 6.45. The molecule has 0 aliphatic rings. The Balaban J connectivity index is 1.85. The first-order chi connectivity index (χ1) is 15.3. The lowest BCUT2D eigenvalue weighted by molar-refractivity contribution is -0.536. The Hall–Kier alpha value is -3.76. The summed E-state index contributed by atoms with van der Waals surface area (Å²) < 4.78 is 18.8. The number of nitrogens with two attached hydrogens (primary N) is 1. The van der Waals surface area contributed by atoms with E-state index in [2.05, 4.69) is 20.3 Å². The summed E-state index contributed by atoms with van der Waals surface area (Å²) in [4.78, 5) is 36.6. The van der Waals surface area contributed by atoms with Crippen LogP contribution in [0.25, 0.3) is 11.3 Å². The number of quaternary nitrogens is 1. The largest absolute Gasteiger partial charge is 0.519 e. The van der Waals surface area contributed by atoms with Crippen LogP contribution in [0.1, 0.15) is 28.5 Å². The summed E-state index contributed by atoms with van der Waals surface area (Å²) in [5.41, 5.74) is 1.72. The average Bonchev–Trinajstić information content (AvgIpc) is 2.79. The second kappa shape index (κ2) is 10.0. The van der Waals surface area contributed by atoms with Gasteiger partial charge in [0.1, 0.15) is 5.82 Å². The molecular formula is C21H19ClFN6O3+. The third-order valence-corrected chi connectivity index (χ3v) is 4.68. The summed E-state index contributed by atoms with van der Waals surface area (Å²) in [6.45, 7) is 1.91. The lowest BCUT2D eigenvalue weighted by Crippen LogP contribution is -2.84. The van der Waals surface area contributed by atoms with Crippen LogP contribution < -0.4 is 10.6 Å². The molecule has 32 heavy (non-hydrogen) atoms. The van der Waals surface area contributed by atoms with Crippen molar-refractivity contribution in [3.63, 3.8) is 0 Å². The van der Waals surface area contributed by atoms with Crippen molar-refractivity contribution in [2.45, 2.75) is 13.3 Å². The van der Waals surface area contributed by atoms with Crippen molar-refractivity contribution in [2.24, 2.45) is 0 Å². The molecule has 3 rings (SSSR count).